The lowest BCUT2D eigenvalue weighted by atomic mass is 10.2. The largest absolute Gasteiger partial charge is 0.348 e. The normalized spacial score (nSPS) is 27.6. The summed E-state index contributed by atoms with van der Waals surface area (Å²) in [6.07, 6.45) is 5.08. The topological polar surface area (TPSA) is 18.5 Å². The van der Waals surface area contributed by atoms with Crippen LogP contribution in [0.4, 0.5) is 0 Å². The number of ether oxygens (including phenoxy) is 2. The minimum absolute atomic E-state index is 0.199. The van der Waals surface area contributed by atoms with Crippen LogP contribution in [-0.2, 0) is 9.47 Å². The summed E-state index contributed by atoms with van der Waals surface area (Å²) in [5.74, 6) is -0.402. The van der Waals surface area contributed by atoms with Gasteiger partial charge in [-0.25, -0.2) is 0 Å². The van der Waals surface area contributed by atoms with Gasteiger partial charge in [-0.05, 0) is 27.2 Å². The Hall–Kier alpha value is -0.600. The molecule has 0 aromatic rings. The molecule has 0 amide bonds. The van der Waals surface area contributed by atoms with Crippen molar-refractivity contribution in [2.24, 2.45) is 0 Å². The molecule has 2 heteroatoms. The number of rotatable bonds is 3. The fourth-order valence-corrected chi connectivity index (χ4v) is 1.28. The zero-order valence-electron chi connectivity index (χ0n) is 8.67. The van der Waals surface area contributed by atoms with Crippen molar-refractivity contribution in [1.82, 2.24) is 0 Å². The van der Waals surface area contributed by atoms with E-state index in [0.29, 0.717) is 6.61 Å². The lowest BCUT2D eigenvalue weighted by Crippen LogP contribution is -2.21. The van der Waals surface area contributed by atoms with Crippen molar-refractivity contribution in [3.8, 4) is 0 Å². The molecule has 1 atom stereocenters. The third-order valence-corrected chi connectivity index (χ3v) is 2.09. The molecule has 13 heavy (non-hydrogen) atoms. The molecule has 0 bridgehead atoms. The highest BCUT2D eigenvalue weighted by Crippen LogP contribution is 2.24. The number of hydrogen-bond donors (Lipinski definition) is 0. The van der Waals surface area contributed by atoms with Gasteiger partial charge in [0.1, 0.15) is 0 Å². The second-order valence-corrected chi connectivity index (χ2v) is 3.84. The molecule has 74 valence electrons. The smallest absolute Gasteiger partial charge is 0.163 e. The van der Waals surface area contributed by atoms with Crippen LogP contribution in [0.25, 0.3) is 0 Å². The van der Waals surface area contributed by atoms with Crippen molar-refractivity contribution in [2.75, 3.05) is 6.61 Å². The van der Waals surface area contributed by atoms with Crippen molar-refractivity contribution in [3.63, 3.8) is 0 Å². The molecular formula is C11H18O2. The molecular weight excluding hydrogens is 164 g/mol. The highest BCUT2D eigenvalue weighted by molar-refractivity contribution is 5.12. The second-order valence-electron chi connectivity index (χ2n) is 3.84. The summed E-state index contributed by atoms with van der Waals surface area (Å²) in [7, 11) is 0. The number of allylic oxidation sites excluding steroid dienone is 2. The summed E-state index contributed by atoms with van der Waals surface area (Å²) in [5, 5.41) is 0. The van der Waals surface area contributed by atoms with Crippen LogP contribution in [0.15, 0.2) is 24.3 Å². The third-order valence-electron chi connectivity index (χ3n) is 2.09. The average molecular weight is 182 g/mol. The van der Waals surface area contributed by atoms with Gasteiger partial charge in [-0.3, -0.25) is 0 Å². The molecule has 0 spiro atoms. The van der Waals surface area contributed by atoms with Crippen molar-refractivity contribution >= 4 is 0 Å². The van der Waals surface area contributed by atoms with E-state index in [1.165, 1.54) is 5.57 Å². The fraction of sp³-hybridized carbons (Fsp3) is 0.636. The van der Waals surface area contributed by atoms with Gasteiger partial charge in [-0.15, -0.1) is 0 Å². The molecule has 1 unspecified atom stereocenters. The molecule has 0 aromatic heterocycles. The quantitative estimate of drug-likeness (QED) is 0.625. The minimum Gasteiger partial charge on any atom is -0.348 e. The molecule has 1 aliphatic heterocycles. The van der Waals surface area contributed by atoms with E-state index in [2.05, 4.69) is 12.7 Å². The first-order chi connectivity index (χ1) is 6.03. The Morgan fingerprint density at radius 1 is 1.62 bits per heavy atom. The predicted molar refractivity (Wildman–Crippen MR) is 53.5 cm³/mol. The summed E-state index contributed by atoms with van der Waals surface area (Å²) in [6.45, 7) is 10.3. The van der Waals surface area contributed by atoms with Crippen molar-refractivity contribution in [2.45, 2.75) is 39.1 Å². The number of hydrogen-bond acceptors (Lipinski definition) is 2. The zero-order valence-corrected chi connectivity index (χ0v) is 8.67. The molecule has 1 aliphatic rings. The maximum absolute atomic E-state index is 5.64. The molecule has 0 aliphatic carbocycles. The maximum atomic E-state index is 5.64. The summed E-state index contributed by atoms with van der Waals surface area (Å²) in [6, 6.07) is 0. The van der Waals surface area contributed by atoms with E-state index in [-0.39, 0.29) is 6.10 Å². The molecule has 0 aromatic carbocycles. The van der Waals surface area contributed by atoms with Crippen LogP contribution in [0.2, 0.25) is 0 Å². The highest BCUT2D eigenvalue weighted by Gasteiger charge is 2.31. The monoisotopic (exact) mass is 182 g/mol. The van der Waals surface area contributed by atoms with Crippen LogP contribution >= 0.6 is 0 Å². The minimum atomic E-state index is -0.402. The Bertz CT molecular complexity index is 216. The Morgan fingerprint density at radius 3 is 2.77 bits per heavy atom. The van der Waals surface area contributed by atoms with E-state index < -0.39 is 5.79 Å². The van der Waals surface area contributed by atoms with E-state index in [0.717, 1.165) is 6.42 Å². The SMILES string of the molecule is C=C/C(C)=C/CC1COC(C)(C)O1. The van der Waals surface area contributed by atoms with Crippen LogP contribution in [0, 0.1) is 0 Å². The van der Waals surface area contributed by atoms with Crippen molar-refractivity contribution < 1.29 is 9.47 Å². The summed E-state index contributed by atoms with van der Waals surface area (Å²) < 4.78 is 11.1. The van der Waals surface area contributed by atoms with E-state index in [1.807, 2.05) is 26.8 Å². The van der Waals surface area contributed by atoms with Crippen LogP contribution in [-0.4, -0.2) is 18.5 Å². The van der Waals surface area contributed by atoms with Crippen molar-refractivity contribution in [3.05, 3.63) is 24.3 Å². The summed E-state index contributed by atoms with van der Waals surface area (Å²) in [4.78, 5) is 0. The van der Waals surface area contributed by atoms with Crippen LogP contribution in [0.1, 0.15) is 27.2 Å². The van der Waals surface area contributed by atoms with Gasteiger partial charge in [0.05, 0.1) is 12.7 Å². The first-order valence-electron chi connectivity index (χ1n) is 4.64. The molecule has 0 radical (unpaired) electrons. The second kappa shape index (κ2) is 4.07. The fourth-order valence-electron chi connectivity index (χ4n) is 1.28. The van der Waals surface area contributed by atoms with Gasteiger partial charge in [0.2, 0.25) is 0 Å². The molecule has 1 heterocycles. The average Bonchev–Trinajstić information content (AvgIpc) is 2.41. The van der Waals surface area contributed by atoms with Crippen LogP contribution in [0.5, 0.6) is 0 Å². The van der Waals surface area contributed by atoms with Gasteiger partial charge in [0.15, 0.2) is 5.79 Å². The maximum Gasteiger partial charge on any atom is 0.163 e. The van der Waals surface area contributed by atoms with Gasteiger partial charge >= 0.3 is 0 Å². The van der Waals surface area contributed by atoms with Gasteiger partial charge in [-0.1, -0.05) is 24.3 Å². The molecule has 2 nitrogen and oxygen atoms in total. The van der Waals surface area contributed by atoms with Gasteiger partial charge < -0.3 is 9.47 Å². The summed E-state index contributed by atoms with van der Waals surface area (Å²) >= 11 is 0. The third kappa shape index (κ3) is 3.33. The summed E-state index contributed by atoms with van der Waals surface area (Å²) in [5.41, 5.74) is 1.19. The van der Waals surface area contributed by atoms with Crippen LogP contribution < -0.4 is 0 Å². The zero-order chi connectivity index (χ0) is 9.90. The van der Waals surface area contributed by atoms with Gasteiger partial charge in [-0.2, -0.15) is 0 Å². The standard InChI is InChI=1S/C11H18O2/c1-5-9(2)6-7-10-8-12-11(3,4)13-10/h5-6,10H,1,7-8H2,2-4H3/b9-6+. The first kappa shape index (κ1) is 10.5. The van der Waals surface area contributed by atoms with Gasteiger partial charge in [0, 0.05) is 0 Å². The van der Waals surface area contributed by atoms with E-state index in [1.54, 1.807) is 0 Å². The first-order valence-corrected chi connectivity index (χ1v) is 4.64. The van der Waals surface area contributed by atoms with E-state index >= 15 is 0 Å². The highest BCUT2D eigenvalue weighted by atomic mass is 16.7. The lowest BCUT2D eigenvalue weighted by Gasteiger charge is -2.16. The predicted octanol–water partition coefficient (Wildman–Crippen LogP) is 2.66. The Labute approximate surface area is 80.2 Å². The Kier molecular flexibility index (Phi) is 3.28. The van der Waals surface area contributed by atoms with E-state index in [9.17, 15) is 0 Å². The Morgan fingerprint density at radius 2 is 2.31 bits per heavy atom. The molecule has 0 saturated carbocycles. The molecule has 1 saturated heterocycles. The van der Waals surface area contributed by atoms with Gasteiger partial charge in [0.25, 0.3) is 0 Å². The Balaban J connectivity index is 2.37. The molecule has 1 rings (SSSR count). The van der Waals surface area contributed by atoms with Crippen molar-refractivity contribution in [1.29, 1.82) is 0 Å². The van der Waals surface area contributed by atoms with E-state index in [4.69, 9.17) is 9.47 Å². The van der Waals surface area contributed by atoms with Crippen LogP contribution in [0.3, 0.4) is 0 Å². The molecule has 0 N–H and O–H groups in total. The lowest BCUT2D eigenvalue weighted by molar-refractivity contribution is -0.137. The molecule has 1 fully saturated rings.